The molecule has 0 saturated carbocycles. The van der Waals surface area contributed by atoms with Gasteiger partial charge in [-0.15, -0.1) is 0 Å². The third-order valence-electron chi connectivity index (χ3n) is 2.71. The normalized spacial score (nSPS) is 9.85. The molecular weight excluding hydrogens is 318 g/mol. The van der Waals surface area contributed by atoms with Gasteiger partial charge < -0.3 is 10.1 Å². The van der Waals surface area contributed by atoms with E-state index in [1.165, 1.54) is 0 Å². The molecule has 0 radical (unpaired) electrons. The molecule has 0 aliphatic heterocycles. The fourth-order valence-corrected chi connectivity index (χ4v) is 1.94. The highest BCUT2D eigenvalue weighted by molar-refractivity contribution is 9.10. The molecule has 20 heavy (non-hydrogen) atoms. The van der Waals surface area contributed by atoms with Crippen LogP contribution in [0.2, 0.25) is 0 Å². The summed E-state index contributed by atoms with van der Waals surface area (Å²) in [6.45, 7) is 2.73. The van der Waals surface area contributed by atoms with E-state index in [2.05, 4.69) is 26.2 Å². The summed E-state index contributed by atoms with van der Waals surface area (Å²) in [5, 5.41) is 11.8. The average Bonchev–Trinajstić information content (AvgIpc) is 2.47. The first-order valence-electron chi connectivity index (χ1n) is 6.14. The third kappa shape index (κ3) is 3.97. The summed E-state index contributed by atoms with van der Waals surface area (Å²) >= 11 is 3.38. The van der Waals surface area contributed by atoms with Crippen molar-refractivity contribution in [2.24, 2.45) is 0 Å². The second-order valence-corrected chi connectivity index (χ2v) is 5.03. The SMILES string of the molecule is Cc1cc(NCc2cccc(OCC#N)c2)cnc1Br. The lowest BCUT2D eigenvalue weighted by molar-refractivity contribution is 0.368. The smallest absolute Gasteiger partial charge is 0.174 e. The molecule has 5 heteroatoms. The van der Waals surface area contributed by atoms with Crippen LogP contribution in [0.25, 0.3) is 0 Å². The Labute approximate surface area is 126 Å². The number of pyridine rings is 1. The Kier molecular flexibility index (Phi) is 4.97. The highest BCUT2D eigenvalue weighted by Crippen LogP contribution is 2.18. The second-order valence-electron chi connectivity index (χ2n) is 4.28. The summed E-state index contributed by atoms with van der Waals surface area (Å²) < 4.78 is 6.13. The van der Waals surface area contributed by atoms with Crippen LogP contribution in [0.4, 0.5) is 5.69 Å². The number of hydrogen-bond donors (Lipinski definition) is 1. The van der Waals surface area contributed by atoms with Gasteiger partial charge in [-0.1, -0.05) is 12.1 Å². The number of ether oxygens (including phenoxy) is 1. The predicted molar refractivity (Wildman–Crippen MR) is 81.6 cm³/mol. The first kappa shape index (κ1) is 14.4. The molecule has 0 bridgehead atoms. The van der Waals surface area contributed by atoms with Crippen molar-refractivity contribution in [3.05, 3.63) is 52.3 Å². The summed E-state index contributed by atoms with van der Waals surface area (Å²) in [7, 11) is 0. The summed E-state index contributed by atoms with van der Waals surface area (Å²) in [5.41, 5.74) is 3.14. The molecular formula is C15H14BrN3O. The monoisotopic (exact) mass is 331 g/mol. The maximum atomic E-state index is 8.50. The van der Waals surface area contributed by atoms with E-state index in [0.717, 1.165) is 21.4 Å². The topological polar surface area (TPSA) is 57.9 Å². The Bertz CT molecular complexity index is 637. The number of nitriles is 1. The van der Waals surface area contributed by atoms with Crippen molar-refractivity contribution in [2.75, 3.05) is 11.9 Å². The molecule has 1 aromatic heterocycles. The van der Waals surface area contributed by atoms with Gasteiger partial charge in [0.15, 0.2) is 6.61 Å². The van der Waals surface area contributed by atoms with E-state index in [9.17, 15) is 0 Å². The van der Waals surface area contributed by atoms with Crippen molar-refractivity contribution in [3.63, 3.8) is 0 Å². The maximum Gasteiger partial charge on any atom is 0.174 e. The Morgan fingerprint density at radius 3 is 3.00 bits per heavy atom. The molecule has 0 spiro atoms. The van der Waals surface area contributed by atoms with Gasteiger partial charge in [0.25, 0.3) is 0 Å². The molecule has 0 amide bonds. The van der Waals surface area contributed by atoms with Crippen LogP contribution in [-0.4, -0.2) is 11.6 Å². The zero-order valence-corrected chi connectivity index (χ0v) is 12.6. The summed E-state index contributed by atoms with van der Waals surface area (Å²) in [4.78, 5) is 4.24. The summed E-state index contributed by atoms with van der Waals surface area (Å²) in [5.74, 6) is 0.705. The first-order valence-corrected chi connectivity index (χ1v) is 6.93. The van der Waals surface area contributed by atoms with Gasteiger partial charge in [-0.2, -0.15) is 5.26 Å². The van der Waals surface area contributed by atoms with Crippen LogP contribution in [0.3, 0.4) is 0 Å². The lowest BCUT2D eigenvalue weighted by atomic mass is 10.2. The largest absolute Gasteiger partial charge is 0.479 e. The van der Waals surface area contributed by atoms with Gasteiger partial charge in [0.05, 0.1) is 11.9 Å². The molecule has 0 aliphatic carbocycles. The van der Waals surface area contributed by atoms with E-state index in [1.807, 2.05) is 43.3 Å². The number of aryl methyl sites for hydroxylation is 1. The molecule has 0 saturated heterocycles. The maximum absolute atomic E-state index is 8.50. The molecule has 0 fully saturated rings. The van der Waals surface area contributed by atoms with E-state index in [-0.39, 0.29) is 6.61 Å². The lowest BCUT2D eigenvalue weighted by Crippen LogP contribution is -2.01. The number of nitrogens with one attached hydrogen (secondary N) is 1. The number of anilines is 1. The molecule has 1 aromatic carbocycles. The average molecular weight is 332 g/mol. The van der Waals surface area contributed by atoms with Crippen molar-refractivity contribution < 1.29 is 4.74 Å². The van der Waals surface area contributed by atoms with Crippen LogP contribution in [0.1, 0.15) is 11.1 Å². The van der Waals surface area contributed by atoms with Crippen molar-refractivity contribution in [1.82, 2.24) is 4.98 Å². The van der Waals surface area contributed by atoms with Crippen LogP contribution in [-0.2, 0) is 6.54 Å². The predicted octanol–water partition coefficient (Wildman–Crippen LogP) is 3.67. The van der Waals surface area contributed by atoms with Gasteiger partial charge in [-0.3, -0.25) is 0 Å². The Balaban J connectivity index is 1.99. The number of hydrogen-bond acceptors (Lipinski definition) is 4. The Morgan fingerprint density at radius 1 is 1.40 bits per heavy atom. The Morgan fingerprint density at radius 2 is 2.25 bits per heavy atom. The summed E-state index contributed by atoms with van der Waals surface area (Å²) in [6, 6.07) is 11.7. The van der Waals surface area contributed by atoms with Crippen molar-refractivity contribution in [1.29, 1.82) is 5.26 Å². The molecule has 0 unspecified atom stereocenters. The van der Waals surface area contributed by atoms with Crippen molar-refractivity contribution in [2.45, 2.75) is 13.5 Å². The number of nitrogens with zero attached hydrogens (tertiary/aromatic N) is 2. The number of halogens is 1. The molecule has 1 N–H and O–H groups in total. The van der Waals surface area contributed by atoms with Gasteiger partial charge in [0.1, 0.15) is 16.4 Å². The summed E-state index contributed by atoms with van der Waals surface area (Å²) in [6.07, 6.45) is 1.78. The van der Waals surface area contributed by atoms with Gasteiger partial charge >= 0.3 is 0 Å². The molecule has 4 nitrogen and oxygen atoms in total. The minimum Gasteiger partial charge on any atom is -0.479 e. The number of rotatable bonds is 5. The molecule has 2 aromatic rings. The van der Waals surface area contributed by atoms with Gasteiger partial charge in [-0.05, 0) is 52.2 Å². The fraction of sp³-hybridized carbons (Fsp3) is 0.200. The molecule has 102 valence electrons. The van der Waals surface area contributed by atoms with E-state index in [4.69, 9.17) is 10.00 Å². The molecule has 0 atom stereocenters. The van der Waals surface area contributed by atoms with Crippen LogP contribution >= 0.6 is 15.9 Å². The van der Waals surface area contributed by atoms with E-state index in [0.29, 0.717) is 12.3 Å². The van der Waals surface area contributed by atoms with E-state index < -0.39 is 0 Å². The highest BCUT2D eigenvalue weighted by Gasteiger charge is 2.00. The van der Waals surface area contributed by atoms with E-state index >= 15 is 0 Å². The molecule has 1 heterocycles. The Hall–Kier alpha value is -2.06. The third-order valence-corrected chi connectivity index (χ3v) is 3.54. The lowest BCUT2D eigenvalue weighted by Gasteiger charge is -2.09. The quantitative estimate of drug-likeness (QED) is 0.849. The van der Waals surface area contributed by atoms with E-state index in [1.54, 1.807) is 6.20 Å². The minimum atomic E-state index is 0.0622. The van der Waals surface area contributed by atoms with Crippen LogP contribution in [0.5, 0.6) is 5.75 Å². The van der Waals surface area contributed by atoms with Gasteiger partial charge in [-0.25, -0.2) is 4.98 Å². The van der Waals surface area contributed by atoms with Crippen molar-refractivity contribution in [3.8, 4) is 11.8 Å². The standard InChI is InChI=1S/C15H14BrN3O/c1-11-7-13(10-19-15(11)16)18-9-12-3-2-4-14(8-12)20-6-5-17/h2-4,7-8,10,18H,6,9H2,1H3. The fourth-order valence-electron chi connectivity index (χ4n) is 1.72. The van der Waals surface area contributed by atoms with Crippen LogP contribution in [0.15, 0.2) is 41.1 Å². The van der Waals surface area contributed by atoms with Gasteiger partial charge in [0.2, 0.25) is 0 Å². The number of aromatic nitrogens is 1. The van der Waals surface area contributed by atoms with Crippen molar-refractivity contribution >= 4 is 21.6 Å². The second kappa shape index (κ2) is 6.92. The van der Waals surface area contributed by atoms with Crippen LogP contribution < -0.4 is 10.1 Å². The minimum absolute atomic E-state index is 0.0622. The van der Waals surface area contributed by atoms with Gasteiger partial charge in [0, 0.05) is 6.54 Å². The number of benzene rings is 1. The highest BCUT2D eigenvalue weighted by atomic mass is 79.9. The van der Waals surface area contributed by atoms with Crippen LogP contribution in [0, 0.1) is 18.3 Å². The zero-order chi connectivity index (χ0) is 14.4. The molecule has 2 rings (SSSR count). The molecule has 0 aliphatic rings. The first-order chi connectivity index (χ1) is 9.69. The zero-order valence-electron chi connectivity index (χ0n) is 11.1.